The number of hydrogen-bond acceptors (Lipinski definition) is 4. The van der Waals surface area contributed by atoms with Crippen molar-refractivity contribution in [2.24, 2.45) is 0 Å². The molecule has 0 bridgehead atoms. The van der Waals surface area contributed by atoms with Crippen molar-refractivity contribution in [3.63, 3.8) is 0 Å². The third-order valence-corrected chi connectivity index (χ3v) is 2.52. The van der Waals surface area contributed by atoms with Gasteiger partial charge >= 0.3 is 0 Å². The second kappa shape index (κ2) is 3.43. The summed E-state index contributed by atoms with van der Waals surface area (Å²) in [6.45, 7) is 0. The van der Waals surface area contributed by atoms with E-state index in [0.29, 0.717) is 16.2 Å². The molecule has 54 valence electrons. The van der Waals surface area contributed by atoms with E-state index in [9.17, 15) is 0 Å². The summed E-state index contributed by atoms with van der Waals surface area (Å²) in [4.78, 5) is 0.594. The fourth-order valence-corrected chi connectivity index (χ4v) is 1.97. The number of thiol groups is 1. The van der Waals surface area contributed by atoms with Crippen molar-refractivity contribution in [1.82, 2.24) is 0 Å². The van der Waals surface area contributed by atoms with Gasteiger partial charge in [0.1, 0.15) is 17.0 Å². The van der Waals surface area contributed by atoms with E-state index in [4.69, 9.17) is 10.5 Å². The van der Waals surface area contributed by atoms with Crippen LogP contribution in [0.2, 0.25) is 0 Å². The van der Waals surface area contributed by atoms with Crippen molar-refractivity contribution in [3.8, 4) is 12.1 Å². The first-order valence-electron chi connectivity index (χ1n) is 2.85. The van der Waals surface area contributed by atoms with Gasteiger partial charge in [-0.05, 0) is 0 Å². The molecule has 1 aromatic rings. The first-order valence-corrected chi connectivity index (χ1v) is 4.36. The van der Waals surface area contributed by atoms with Gasteiger partial charge < -0.3 is 0 Å². The Kier molecular flexibility index (Phi) is 2.53. The highest BCUT2D eigenvalue weighted by atomic mass is 32.1. The quantitative estimate of drug-likeness (QED) is 0.671. The summed E-state index contributed by atoms with van der Waals surface area (Å²) in [5.41, 5.74) is 1.32. The molecule has 4 heteroatoms. The second-order valence-corrected chi connectivity index (χ2v) is 3.03. The summed E-state index contributed by atoms with van der Waals surface area (Å²) in [6, 6.07) is 4.03. The standard InChI is InChI=1S/C7H4N2S2/c8-1-5-4-11-7(2-9)6(5)3-10/h4,10H,3H2. The fourth-order valence-electron chi connectivity index (χ4n) is 0.727. The Labute approximate surface area is 74.1 Å². The molecule has 0 saturated carbocycles. The van der Waals surface area contributed by atoms with E-state index in [0.717, 1.165) is 5.56 Å². The van der Waals surface area contributed by atoms with Crippen LogP contribution in [0.4, 0.5) is 0 Å². The third kappa shape index (κ3) is 1.37. The minimum absolute atomic E-state index is 0.454. The molecule has 0 fully saturated rings. The Bertz CT molecular complexity index is 309. The summed E-state index contributed by atoms with van der Waals surface area (Å²) in [6.07, 6.45) is 0. The highest BCUT2D eigenvalue weighted by Gasteiger charge is 2.08. The van der Waals surface area contributed by atoms with E-state index >= 15 is 0 Å². The lowest BCUT2D eigenvalue weighted by atomic mass is 10.2. The number of rotatable bonds is 1. The molecule has 2 nitrogen and oxygen atoms in total. The van der Waals surface area contributed by atoms with Crippen molar-refractivity contribution < 1.29 is 0 Å². The van der Waals surface area contributed by atoms with Crippen molar-refractivity contribution in [2.75, 3.05) is 0 Å². The summed E-state index contributed by atoms with van der Waals surface area (Å²) < 4.78 is 0. The van der Waals surface area contributed by atoms with E-state index < -0.39 is 0 Å². The van der Waals surface area contributed by atoms with Crippen LogP contribution in [0.3, 0.4) is 0 Å². The lowest BCUT2D eigenvalue weighted by Gasteiger charge is -1.89. The molecule has 0 N–H and O–H groups in total. The average molecular weight is 180 g/mol. The Hall–Kier alpha value is -0.970. The lowest BCUT2D eigenvalue weighted by molar-refractivity contribution is 1.39. The first kappa shape index (κ1) is 8.13. The van der Waals surface area contributed by atoms with Gasteiger partial charge in [0, 0.05) is 16.7 Å². The van der Waals surface area contributed by atoms with Gasteiger partial charge in [-0.1, -0.05) is 0 Å². The van der Waals surface area contributed by atoms with Crippen molar-refractivity contribution in [2.45, 2.75) is 5.75 Å². The van der Waals surface area contributed by atoms with Crippen molar-refractivity contribution in [1.29, 1.82) is 10.5 Å². The molecule has 0 atom stereocenters. The largest absolute Gasteiger partial charge is 0.192 e. The predicted molar refractivity (Wildman–Crippen MR) is 46.4 cm³/mol. The number of nitriles is 2. The molecular weight excluding hydrogens is 176 g/mol. The number of nitrogens with zero attached hydrogens (tertiary/aromatic N) is 2. The molecule has 0 aromatic carbocycles. The summed E-state index contributed by atoms with van der Waals surface area (Å²) in [5, 5.41) is 18.8. The lowest BCUT2D eigenvalue weighted by Crippen LogP contribution is -1.81. The predicted octanol–water partition coefficient (Wildman–Crippen LogP) is 1.92. The molecule has 0 aliphatic rings. The molecule has 11 heavy (non-hydrogen) atoms. The SMILES string of the molecule is N#Cc1csc(C#N)c1CS. The van der Waals surface area contributed by atoms with Crippen molar-refractivity contribution in [3.05, 3.63) is 21.4 Å². The van der Waals surface area contributed by atoms with Crippen LogP contribution in [-0.4, -0.2) is 0 Å². The van der Waals surface area contributed by atoms with Gasteiger partial charge in [0.25, 0.3) is 0 Å². The zero-order valence-electron chi connectivity index (χ0n) is 5.53. The van der Waals surface area contributed by atoms with Gasteiger partial charge in [-0.2, -0.15) is 23.2 Å². The second-order valence-electron chi connectivity index (χ2n) is 1.84. The molecule has 0 aliphatic heterocycles. The van der Waals surface area contributed by atoms with E-state index in [1.807, 2.05) is 12.1 Å². The third-order valence-electron chi connectivity index (χ3n) is 1.27. The zero-order chi connectivity index (χ0) is 8.27. The first-order chi connectivity index (χ1) is 5.33. The summed E-state index contributed by atoms with van der Waals surface area (Å²) in [7, 11) is 0. The minimum Gasteiger partial charge on any atom is -0.192 e. The Morgan fingerprint density at radius 1 is 1.45 bits per heavy atom. The van der Waals surface area contributed by atoms with Crippen LogP contribution in [-0.2, 0) is 5.75 Å². The van der Waals surface area contributed by atoms with Crippen LogP contribution < -0.4 is 0 Å². The van der Waals surface area contributed by atoms with E-state index in [1.165, 1.54) is 11.3 Å². The Balaban J connectivity index is 3.25. The molecular formula is C7H4N2S2. The highest BCUT2D eigenvalue weighted by molar-refractivity contribution is 7.79. The maximum Gasteiger partial charge on any atom is 0.110 e. The smallest absolute Gasteiger partial charge is 0.110 e. The van der Waals surface area contributed by atoms with Gasteiger partial charge in [0.15, 0.2) is 0 Å². The monoisotopic (exact) mass is 180 g/mol. The molecule has 0 amide bonds. The van der Waals surface area contributed by atoms with Gasteiger partial charge in [0.2, 0.25) is 0 Å². The molecule has 1 heterocycles. The Morgan fingerprint density at radius 3 is 2.64 bits per heavy atom. The fraction of sp³-hybridized carbons (Fsp3) is 0.143. The van der Waals surface area contributed by atoms with Crippen LogP contribution >= 0.6 is 24.0 Å². The normalized spacial score (nSPS) is 8.64. The average Bonchev–Trinajstić information content (AvgIpc) is 2.45. The van der Waals surface area contributed by atoms with E-state index in [1.54, 1.807) is 5.38 Å². The molecule has 0 spiro atoms. The van der Waals surface area contributed by atoms with Crippen LogP contribution in [0.15, 0.2) is 5.38 Å². The van der Waals surface area contributed by atoms with E-state index in [2.05, 4.69) is 12.6 Å². The van der Waals surface area contributed by atoms with Gasteiger partial charge in [-0.25, -0.2) is 0 Å². The maximum atomic E-state index is 8.58. The summed E-state index contributed by atoms with van der Waals surface area (Å²) >= 11 is 5.32. The molecule has 0 saturated heterocycles. The highest BCUT2D eigenvalue weighted by Crippen LogP contribution is 2.22. The van der Waals surface area contributed by atoms with Gasteiger partial charge in [-0.15, -0.1) is 11.3 Å². The topological polar surface area (TPSA) is 47.6 Å². The molecule has 0 aliphatic carbocycles. The van der Waals surface area contributed by atoms with Crippen LogP contribution in [0.25, 0.3) is 0 Å². The minimum atomic E-state index is 0.454. The summed E-state index contributed by atoms with van der Waals surface area (Å²) in [5.74, 6) is 0.454. The van der Waals surface area contributed by atoms with Crippen molar-refractivity contribution >= 4 is 24.0 Å². The number of thiophene rings is 1. The van der Waals surface area contributed by atoms with Crippen LogP contribution in [0, 0.1) is 22.7 Å². The maximum absolute atomic E-state index is 8.58. The van der Waals surface area contributed by atoms with Crippen LogP contribution in [0.1, 0.15) is 16.0 Å². The molecule has 1 aromatic heterocycles. The van der Waals surface area contributed by atoms with Gasteiger partial charge in [0.05, 0.1) is 5.56 Å². The van der Waals surface area contributed by atoms with Crippen LogP contribution in [0.5, 0.6) is 0 Å². The van der Waals surface area contributed by atoms with E-state index in [-0.39, 0.29) is 0 Å². The zero-order valence-corrected chi connectivity index (χ0v) is 7.25. The van der Waals surface area contributed by atoms with Gasteiger partial charge in [-0.3, -0.25) is 0 Å². The number of hydrogen-bond donors (Lipinski definition) is 1. The molecule has 1 rings (SSSR count). The molecule has 0 radical (unpaired) electrons. The Morgan fingerprint density at radius 2 is 2.18 bits per heavy atom. The molecule has 0 unspecified atom stereocenters.